The molecule has 0 radical (unpaired) electrons. The van der Waals surface area contributed by atoms with Crippen LogP contribution in [0, 0.1) is 0 Å². The minimum atomic E-state index is 0.166. The van der Waals surface area contributed by atoms with Crippen molar-refractivity contribution in [1.29, 1.82) is 0 Å². The fourth-order valence-corrected chi connectivity index (χ4v) is 1.74. The Morgan fingerprint density at radius 2 is 1.71 bits per heavy atom. The van der Waals surface area contributed by atoms with Crippen LogP contribution >= 0.6 is 0 Å². The molecule has 2 N–H and O–H groups in total. The SMILES string of the molecule is CCCCOc1ccc(C(N)CCCC)cc1. The zero-order valence-corrected chi connectivity index (χ0v) is 11.1. The van der Waals surface area contributed by atoms with Crippen molar-refractivity contribution in [3.8, 4) is 5.75 Å². The molecule has 0 saturated carbocycles. The van der Waals surface area contributed by atoms with Crippen LogP contribution in [0.4, 0.5) is 0 Å². The molecule has 1 unspecified atom stereocenters. The minimum absolute atomic E-state index is 0.166. The summed E-state index contributed by atoms with van der Waals surface area (Å²) in [6.07, 6.45) is 5.73. The van der Waals surface area contributed by atoms with Crippen LogP contribution in [-0.4, -0.2) is 6.61 Å². The second kappa shape index (κ2) is 8.13. The third-order valence-corrected chi connectivity index (χ3v) is 2.94. The second-order valence-electron chi connectivity index (χ2n) is 4.52. The molecule has 0 fully saturated rings. The average Bonchev–Trinajstić information content (AvgIpc) is 2.37. The first-order valence-corrected chi connectivity index (χ1v) is 6.76. The van der Waals surface area contributed by atoms with Gasteiger partial charge < -0.3 is 10.5 Å². The Morgan fingerprint density at radius 1 is 1.06 bits per heavy atom. The molecule has 1 aromatic rings. The van der Waals surface area contributed by atoms with Gasteiger partial charge in [0.2, 0.25) is 0 Å². The van der Waals surface area contributed by atoms with E-state index in [4.69, 9.17) is 10.5 Å². The molecule has 17 heavy (non-hydrogen) atoms. The first-order valence-electron chi connectivity index (χ1n) is 6.76. The van der Waals surface area contributed by atoms with E-state index in [0.717, 1.165) is 25.2 Å². The van der Waals surface area contributed by atoms with Crippen molar-refractivity contribution >= 4 is 0 Å². The topological polar surface area (TPSA) is 35.2 Å². The minimum Gasteiger partial charge on any atom is -0.494 e. The van der Waals surface area contributed by atoms with Crippen LogP contribution in [0.1, 0.15) is 57.6 Å². The van der Waals surface area contributed by atoms with Crippen LogP contribution in [0.5, 0.6) is 5.75 Å². The molecule has 1 rings (SSSR count). The smallest absolute Gasteiger partial charge is 0.119 e. The Bertz CT molecular complexity index is 294. The molecular formula is C15H25NO. The maximum Gasteiger partial charge on any atom is 0.119 e. The largest absolute Gasteiger partial charge is 0.494 e. The Morgan fingerprint density at radius 3 is 2.29 bits per heavy atom. The quantitative estimate of drug-likeness (QED) is 0.690. The van der Waals surface area contributed by atoms with Crippen LogP contribution in [0.3, 0.4) is 0 Å². The summed E-state index contributed by atoms with van der Waals surface area (Å²) in [6.45, 7) is 5.16. The van der Waals surface area contributed by atoms with E-state index in [1.807, 2.05) is 12.1 Å². The molecule has 0 heterocycles. The fraction of sp³-hybridized carbons (Fsp3) is 0.600. The molecule has 0 aliphatic heterocycles. The molecule has 2 heteroatoms. The molecule has 1 atom stereocenters. The number of benzene rings is 1. The van der Waals surface area contributed by atoms with Gasteiger partial charge in [-0.1, -0.05) is 45.2 Å². The zero-order valence-electron chi connectivity index (χ0n) is 11.1. The van der Waals surface area contributed by atoms with E-state index in [9.17, 15) is 0 Å². The molecule has 96 valence electrons. The second-order valence-corrected chi connectivity index (χ2v) is 4.52. The Balaban J connectivity index is 2.43. The summed E-state index contributed by atoms with van der Waals surface area (Å²) in [5, 5.41) is 0. The monoisotopic (exact) mass is 235 g/mol. The highest BCUT2D eigenvalue weighted by Crippen LogP contribution is 2.20. The molecule has 0 aliphatic rings. The average molecular weight is 235 g/mol. The lowest BCUT2D eigenvalue weighted by molar-refractivity contribution is 0.309. The van der Waals surface area contributed by atoms with E-state index in [-0.39, 0.29) is 6.04 Å². The van der Waals surface area contributed by atoms with Crippen molar-refractivity contribution in [2.75, 3.05) is 6.61 Å². The summed E-state index contributed by atoms with van der Waals surface area (Å²) in [5.41, 5.74) is 7.32. The van der Waals surface area contributed by atoms with Gasteiger partial charge in [-0.25, -0.2) is 0 Å². The maximum atomic E-state index is 6.11. The van der Waals surface area contributed by atoms with Crippen molar-refractivity contribution in [2.24, 2.45) is 5.73 Å². The number of nitrogens with two attached hydrogens (primary N) is 1. The molecule has 0 aliphatic carbocycles. The van der Waals surface area contributed by atoms with Crippen molar-refractivity contribution in [2.45, 2.75) is 52.0 Å². The number of ether oxygens (including phenoxy) is 1. The van der Waals surface area contributed by atoms with Gasteiger partial charge in [0.25, 0.3) is 0 Å². The molecule has 0 aromatic heterocycles. The predicted octanol–water partition coefficient (Wildman–Crippen LogP) is 4.06. The van der Waals surface area contributed by atoms with Crippen molar-refractivity contribution in [3.63, 3.8) is 0 Å². The summed E-state index contributed by atoms with van der Waals surface area (Å²) in [7, 11) is 0. The molecule has 0 amide bonds. The van der Waals surface area contributed by atoms with Crippen LogP contribution in [0.2, 0.25) is 0 Å². The van der Waals surface area contributed by atoms with E-state index in [1.165, 1.54) is 24.8 Å². The number of unbranched alkanes of at least 4 members (excludes halogenated alkanes) is 2. The van der Waals surface area contributed by atoms with E-state index < -0.39 is 0 Å². The molecule has 0 spiro atoms. The Kier molecular flexibility index (Phi) is 6.71. The van der Waals surface area contributed by atoms with Gasteiger partial charge in [-0.05, 0) is 30.5 Å². The van der Waals surface area contributed by atoms with Crippen LogP contribution in [0.15, 0.2) is 24.3 Å². The summed E-state index contributed by atoms with van der Waals surface area (Å²) in [4.78, 5) is 0. The van der Waals surface area contributed by atoms with Gasteiger partial charge in [0.1, 0.15) is 5.75 Å². The van der Waals surface area contributed by atoms with Gasteiger partial charge in [-0.2, -0.15) is 0 Å². The van der Waals surface area contributed by atoms with Crippen molar-refractivity contribution < 1.29 is 4.74 Å². The molecule has 0 bridgehead atoms. The standard InChI is InChI=1S/C15H25NO/c1-3-5-7-15(16)13-8-10-14(11-9-13)17-12-6-4-2/h8-11,15H,3-7,12,16H2,1-2H3. The number of rotatable bonds is 8. The lowest BCUT2D eigenvalue weighted by atomic mass is 10.0. The van der Waals surface area contributed by atoms with E-state index in [1.54, 1.807) is 0 Å². The maximum absolute atomic E-state index is 6.11. The zero-order chi connectivity index (χ0) is 12.5. The Hall–Kier alpha value is -1.02. The molecule has 2 nitrogen and oxygen atoms in total. The summed E-state index contributed by atoms with van der Waals surface area (Å²) in [6, 6.07) is 8.39. The normalized spacial score (nSPS) is 12.4. The summed E-state index contributed by atoms with van der Waals surface area (Å²) >= 11 is 0. The van der Waals surface area contributed by atoms with Gasteiger partial charge in [0.05, 0.1) is 6.61 Å². The molecule has 1 aromatic carbocycles. The first kappa shape index (κ1) is 14.0. The highest BCUT2D eigenvalue weighted by Gasteiger charge is 2.05. The fourth-order valence-electron chi connectivity index (χ4n) is 1.74. The number of hydrogen-bond acceptors (Lipinski definition) is 2. The van der Waals surface area contributed by atoms with Gasteiger partial charge in [-0.15, -0.1) is 0 Å². The van der Waals surface area contributed by atoms with Gasteiger partial charge in [0, 0.05) is 6.04 Å². The molecular weight excluding hydrogens is 210 g/mol. The van der Waals surface area contributed by atoms with Gasteiger partial charge >= 0.3 is 0 Å². The lowest BCUT2D eigenvalue weighted by Crippen LogP contribution is -2.09. The highest BCUT2D eigenvalue weighted by molar-refractivity contribution is 5.28. The van der Waals surface area contributed by atoms with Crippen LogP contribution in [0.25, 0.3) is 0 Å². The third-order valence-electron chi connectivity index (χ3n) is 2.94. The van der Waals surface area contributed by atoms with Gasteiger partial charge in [-0.3, -0.25) is 0 Å². The predicted molar refractivity (Wildman–Crippen MR) is 73.3 cm³/mol. The van der Waals surface area contributed by atoms with Crippen molar-refractivity contribution in [1.82, 2.24) is 0 Å². The van der Waals surface area contributed by atoms with E-state index in [0.29, 0.717) is 0 Å². The van der Waals surface area contributed by atoms with Crippen LogP contribution in [-0.2, 0) is 0 Å². The van der Waals surface area contributed by atoms with Crippen molar-refractivity contribution in [3.05, 3.63) is 29.8 Å². The number of hydrogen-bond donors (Lipinski definition) is 1. The highest BCUT2D eigenvalue weighted by atomic mass is 16.5. The van der Waals surface area contributed by atoms with E-state index >= 15 is 0 Å². The summed E-state index contributed by atoms with van der Waals surface area (Å²) < 4.78 is 5.62. The summed E-state index contributed by atoms with van der Waals surface area (Å²) in [5.74, 6) is 0.949. The lowest BCUT2D eigenvalue weighted by Gasteiger charge is -2.12. The Labute approximate surface area is 105 Å². The first-order chi connectivity index (χ1) is 8.27. The van der Waals surface area contributed by atoms with E-state index in [2.05, 4.69) is 26.0 Å². The van der Waals surface area contributed by atoms with Gasteiger partial charge in [0.15, 0.2) is 0 Å². The third kappa shape index (κ3) is 5.22. The molecule has 0 saturated heterocycles. The van der Waals surface area contributed by atoms with Crippen LogP contribution < -0.4 is 10.5 Å².